The van der Waals surface area contributed by atoms with Crippen molar-refractivity contribution in [2.45, 2.75) is 26.9 Å². The molecule has 0 fully saturated rings. The van der Waals surface area contributed by atoms with Crippen LogP contribution in [0.4, 0.5) is 8.78 Å². The van der Waals surface area contributed by atoms with Crippen molar-refractivity contribution in [3.63, 3.8) is 0 Å². The zero-order chi connectivity index (χ0) is 15.0. The Kier molecular flexibility index (Phi) is 4.25. The van der Waals surface area contributed by atoms with Gasteiger partial charge in [-0.05, 0) is 55.2 Å². The molecular weight excluding hydrogens is 326 g/mol. The van der Waals surface area contributed by atoms with Crippen LogP contribution in [0.5, 0.6) is 0 Å². The van der Waals surface area contributed by atoms with Gasteiger partial charge in [-0.1, -0.05) is 28.1 Å². The molecule has 0 spiro atoms. The smallest absolute Gasteiger partial charge is 0.135 e. The number of rotatable bonds is 2. The molecule has 106 valence electrons. The highest BCUT2D eigenvalue weighted by atomic mass is 79.9. The molecule has 2 aromatic rings. The van der Waals surface area contributed by atoms with Crippen LogP contribution in [0.25, 0.3) is 0 Å². The fourth-order valence-electron chi connectivity index (χ4n) is 2.18. The van der Waals surface area contributed by atoms with Crippen LogP contribution < -0.4 is 0 Å². The molecular formula is C16H15BrF2O. The Morgan fingerprint density at radius 3 is 2.30 bits per heavy atom. The first-order valence-electron chi connectivity index (χ1n) is 6.22. The molecule has 0 aliphatic carbocycles. The first-order chi connectivity index (χ1) is 9.32. The third-order valence-electron chi connectivity index (χ3n) is 3.43. The number of hydrogen-bond acceptors (Lipinski definition) is 1. The minimum atomic E-state index is -1.32. The van der Waals surface area contributed by atoms with Crippen LogP contribution in [-0.2, 0) is 0 Å². The number of hydrogen-bond donors (Lipinski definition) is 1. The molecule has 1 nitrogen and oxygen atoms in total. The Labute approximate surface area is 125 Å². The zero-order valence-corrected chi connectivity index (χ0v) is 13.1. The van der Waals surface area contributed by atoms with Crippen LogP contribution in [-0.4, -0.2) is 5.11 Å². The molecule has 4 heteroatoms. The van der Waals surface area contributed by atoms with Gasteiger partial charge in [0, 0.05) is 4.47 Å². The summed E-state index contributed by atoms with van der Waals surface area (Å²) in [7, 11) is 0. The number of benzene rings is 2. The van der Waals surface area contributed by atoms with Gasteiger partial charge in [-0.25, -0.2) is 8.78 Å². The Bertz CT molecular complexity index is 668. The van der Waals surface area contributed by atoms with Crippen molar-refractivity contribution in [1.82, 2.24) is 0 Å². The van der Waals surface area contributed by atoms with E-state index in [2.05, 4.69) is 15.9 Å². The maximum Gasteiger partial charge on any atom is 0.135 e. The third-order valence-corrected chi connectivity index (χ3v) is 4.29. The van der Waals surface area contributed by atoms with Crippen LogP contribution in [0, 0.1) is 32.4 Å². The van der Waals surface area contributed by atoms with Crippen molar-refractivity contribution >= 4 is 15.9 Å². The predicted molar refractivity (Wildman–Crippen MR) is 78.8 cm³/mol. The van der Waals surface area contributed by atoms with Crippen molar-refractivity contribution in [2.24, 2.45) is 0 Å². The van der Waals surface area contributed by atoms with E-state index in [1.54, 1.807) is 19.9 Å². The first-order valence-corrected chi connectivity index (χ1v) is 7.01. The van der Waals surface area contributed by atoms with E-state index in [0.29, 0.717) is 11.1 Å². The molecule has 0 bridgehead atoms. The van der Waals surface area contributed by atoms with E-state index in [1.807, 2.05) is 13.0 Å². The van der Waals surface area contributed by atoms with E-state index in [9.17, 15) is 13.9 Å². The SMILES string of the molecule is Cc1cc(C(O)c2c(F)ccc(C)c2F)c(C)cc1Br. The van der Waals surface area contributed by atoms with Gasteiger partial charge in [-0.3, -0.25) is 0 Å². The number of aliphatic hydroxyl groups is 1. The van der Waals surface area contributed by atoms with Crippen molar-refractivity contribution in [3.05, 3.63) is 68.2 Å². The lowest BCUT2D eigenvalue weighted by atomic mass is 9.94. The van der Waals surface area contributed by atoms with Crippen molar-refractivity contribution < 1.29 is 13.9 Å². The molecule has 0 saturated carbocycles. The lowest BCUT2D eigenvalue weighted by Crippen LogP contribution is -2.09. The lowest BCUT2D eigenvalue weighted by Gasteiger charge is -2.18. The molecule has 20 heavy (non-hydrogen) atoms. The average molecular weight is 341 g/mol. The molecule has 0 aliphatic heterocycles. The molecule has 2 rings (SSSR count). The monoisotopic (exact) mass is 340 g/mol. The minimum Gasteiger partial charge on any atom is -0.383 e. The van der Waals surface area contributed by atoms with E-state index in [1.165, 1.54) is 12.1 Å². The molecule has 1 unspecified atom stereocenters. The molecule has 2 aromatic carbocycles. The molecule has 0 radical (unpaired) electrons. The van der Waals surface area contributed by atoms with E-state index in [4.69, 9.17) is 0 Å². The Morgan fingerprint density at radius 1 is 1.00 bits per heavy atom. The van der Waals surface area contributed by atoms with Crippen molar-refractivity contribution in [3.8, 4) is 0 Å². The quantitative estimate of drug-likeness (QED) is 0.837. The molecule has 0 aromatic heterocycles. The van der Waals surface area contributed by atoms with Gasteiger partial charge in [0.1, 0.15) is 17.7 Å². The van der Waals surface area contributed by atoms with Gasteiger partial charge in [-0.15, -0.1) is 0 Å². The molecule has 0 aliphatic rings. The Balaban J connectivity index is 2.60. The normalized spacial score (nSPS) is 12.6. The van der Waals surface area contributed by atoms with Crippen LogP contribution in [0.1, 0.15) is 33.9 Å². The van der Waals surface area contributed by atoms with Crippen LogP contribution in [0.3, 0.4) is 0 Å². The largest absolute Gasteiger partial charge is 0.383 e. The molecule has 1 atom stereocenters. The fraction of sp³-hybridized carbons (Fsp3) is 0.250. The Hall–Kier alpha value is -1.26. The summed E-state index contributed by atoms with van der Waals surface area (Å²) in [6, 6.07) is 6.11. The second kappa shape index (κ2) is 5.62. The highest BCUT2D eigenvalue weighted by molar-refractivity contribution is 9.10. The maximum atomic E-state index is 14.1. The summed E-state index contributed by atoms with van der Waals surface area (Å²) >= 11 is 3.40. The number of aliphatic hydroxyl groups excluding tert-OH is 1. The van der Waals surface area contributed by atoms with Crippen LogP contribution in [0.2, 0.25) is 0 Å². The molecule has 1 N–H and O–H groups in total. The zero-order valence-electron chi connectivity index (χ0n) is 11.5. The van der Waals surface area contributed by atoms with Gasteiger partial charge < -0.3 is 5.11 Å². The second-order valence-electron chi connectivity index (χ2n) is 4.95. The minimum absolute atomic E-state index is 0.296. The number of aryl methyl sites for hydroxylation is 3. The fourth-order valence-corrected chi connectivity index (χ4v) is 2.64. The van der Waals surface area contributed by atoms with E-state index < -0.39 is 17.7 Å². The third kappa shape index (κ3) is 2.63. The van der Waals surface area contributed by atoms with Gasteiger partial charge in [0.2, 0.25) is 0 Å². The molecule has 0 heterocycles. The van der Waals surface area contributed by atoms with Crippen molar-refractivity contribution in [1.29, 1.82) is 0 Å². The van der Waals surface area contributed by atoms with Gasteiger partial charge in [0.15, 0.2) is 0 Å². The van der Waals surface area contributed by atoms with Crippen LogP contribution >= 0.6 is 15.9 Å². The summed E-state index contributed by atoms with van der Waals surface area (Å²) in [5.74, 6) is -1.43. The summed E-state index contributed by atoms with van der Waals surface area (Å²) in [5.41, 5.74) is 2.20. The van der Waals surface area contributed by atoms with Gasteiger partial charge >= 0.3 is 0 Å². The predicted octanol–water partition coefficient (Wildman–Crippen LogP) is 4.73. The average Bonchev–Trinajstić information content (AvgIpc) is 2.38. The van der Waals surface area contributed by atoms with Gasteiger partial charge in [-0.2, -0.15) is 0 Å². The Morgan fingerprint density at radius 2 is 1.65 bits per heavy atom. The summed E-state index contributed by atoms with van der Waals surface area (Å²) in [5, 5.41) is 10.4. The van der Waals surface area contributed by atoms with E-state index >= 15 is 0 Å². The molecule has 0 amide bonds. The lowest BCUT2D eigenvalue weighted by molar-refractivity contribution is 0.208. The summed E-state index contributed by atoms with van der Waals surface area (Å²) in [6.45, 7) is 5.21. The summed E-state index contributed by atoms with van der Waals surface area (Å²) < 4.78 is 28.9. The summed E-state index contributed by atoms with van der Waals surface area (Å²) in [4.78, 5) is 0. The topological polar surface area (TPSA) is 20.2 Å². The second-order valence-corrected chi connectivity index (χ2v) is 5.81. The van der Waals surface area contributed by atoms with Gasteiger partial charge in [0.25, 0.3) is 0 Å². The van der Waals surface area contributed by atoms with E-state index in [-0.39, 0.29) is 5.56 Å². The number of halogens is 3. The highest BCUT2D eigenvalue weighted by Gasteiger charge is 2.22. The van der Waals surface area contributed by atoms with Crippen LogP contribution in [0.15, 0.2) is 28.7 Å². The highest BCUT2D eigenvalue weighted by Crippen LogP contribution is 2.32. The van der Waals surface area contributed by atoms with Crippen molar-refractivity contribution in [2.75, 3.05) is 0 Å². The standard InChI is InChI=1S/C16H15BrF2O/c1-8-4-5-13(18)14(15(8)19)16(20)11-6-10(3)12(17)7-9(11)2/h4-7,16,20H,1-3H3. The first kappa shape index (κ1) is 15.1. The molecule has 0 saturated heterocycles. The summed E-state index contributed by atoms with van der Waals surface area (Å²) in [6.07, 6.45) is -1.32. The van der Waals surface area contributed by atoms with Gasteiger partial charge in [0.05, 0.1) is 5.56 Å². The van der Waals surface area contributed by atoms with E-state index in [0.717, 1.165) is 15.6 Å². The maximum absolute atomic E-state index is 14.1.